The number of nitrogens with zero attached hydrogens (tertiary/aromatic N) is 4. The molecule has 0 radical (unpaired) electrons. The van der Waals surface area contributed by atoms with Crippen molar-refractivity contribution in [1.82, 2.24) is 25.1 Å². The highest BCUT2D eigenvalue weighted by atomic mass is 16.1. The number of hydrogen-bond donors (Lipinski definition) is 2. The Hall–Kier alpha value is -2.28. The van der Waals surface area contributed by atoms with Crippen molar-refractivity contribution >= 4 is 5.91 Å². The normalized spacial score (nSPS) is 10.3. The van der Waals surface area contributed by atoms with E-state index in [-0.39, 0.29) is 12.5 Å². The van der Waals surface area contributed by atoms with Crippen molar-refractivity contribution in [3.63, 3.8) is 0 Å². The van der Waals surface area contributed by atoms with E-state index in [0.717, 1.165) is 5.69 Å². The third-order valence-corrected chi connectivity index (χ3v) is 2.30. The summed E-state index contributed by atoms with van der Waals surface area (Å²) in [4.78, 5) is 19.7. The van der Waals surface area contributed by atoms with Gasteiger partial charge in [0.15, 0.2) is 5.82 Å². The predicted octanol–water partition coefficient (Wildman–Crippen LogP) is -0.129. The Morgan fingerprint density at radius 3 is 3.00 bits per heavy atom. The maximum Gasteiger partial charge on any atom is 0.269 e. The predicted molar refractivity (Wildman–Crippen MR) is 65.1 cm³/mol. The molecule has 2 aromatic heterocycles. The van der Waals surface area contributed by atoms with Gasteiger partial charge in [0.2, 0.25) is 0 Å². The van der Waals surface area contributed by atoms with Crippen molar-refractivity contribution in [2.45, 2.75) is 13.5 Å². The largest absolute Gasteiger partial charge is 0.351 e. The molecule has 0 unspecified atom stereocenters. The molecule has 0 saturated heterocycles. The molecule has 7 heteroatoms. The smallest absolute Gasteiger partial charge is 0.269 e. The molecule has 0 atom stereocenters. The van der Waals surface area contributed by atoms with E-state index >= 15 is 0 Å². The molecule has 7 nitrogen and oxygen atoms in total. The van der Waals surface area contributed by atoms with Gasteiger partial charge in [0, 0.05) is 12.7 Å². The molecule has 0 bridgehead atoms. The third kappa shape index (κ3) is 2.51. The van der Waals surface area contributed by atoms with Gasteiger partial charge < -0.3 is 11.1 Å². The van der Waals surface area contributed by atoms with Crippen LogP contribution in [0.4, 0.5) is 0 Å². The molecule has 1 amide bonds. The Bertz CT molecular complexity index is 550. The molecule has 0 saturated carbocycles. The Kier molecular flexibility index (Phi) is 3.63. The van der Waals surface area contributed by atoms with Crippen LogP contribution in [0.25, 0.3) is 5.69 Å². The van der Waals surface area contributed by atoms with E-state index in [1.807, 2.05) is 6.92 Å². The first-order valence-electron chi connectivity index (χ1n) is 5.59. The van der Waals surface area contributed by atoms with Gasteiger partial charge in [0.25, 0.3) is 5.91 Å². The third-order valence-electron chi connectivity index (χ3n) is 2.30. The number of nitrogens with one attached hydrogen (secondary N) is 1. The minimum atomic E-state index is -0.210. The molecule has 2 heterocycles. The zero-order valence-corrected chi connectivity index (χ0v) is 10.00. The molecule has 0 aliphatic rings. The molecule has 0 fully saturated rings. The Balaban J connectivity index is 2.29. The zero-order valence-electron chi connectivity index (χ0n) is 10.00. The molecule has 2 rings (SSSR count). The van der Waals surface area contributed by atoms with Gasteiger partial charge in [-0.05, 0) is 19.1 Å². The lowest BCUT2D eigenvalue weighted by molar-refractivity contribution is 0.0951. The first kappa shape index (κ1) is 12.2. The first-order valence-corrected chi connectivity index (χ1v) is 5.59. The number of rotatable bonds is 4. The van der Waals surface area contributed by atoms with Gasteiger partial charge >= 0.3 is 0 Å². The molecular weight excluding hydrogens is 232 g/mol. The zero-order chi connectivity index (χ0) is 13.0. The van der Waals surface area contributed by atoms with E-state index in [0.29, 0.717) is 18.1 Å². The molecular formula is C11H14N6O. The quantitative estimate of drug-likeness (QED) is 0.783. The van der Waals surface area contributed by atoms with Crippen molar-refractivity contribution in [1.29, 1.82) is 0 Å². The second-order valence-corrected chi connectivity index (χ2v) is 3.57. The molecule has 0 aliphatic carbocycles. The van der Waals surface area contributed by atoms with Gasteiger partial charge in [-0.1, -0.05) is 0 Å². The SMILES string of the molecule is CCNC(=O)c1cc(-n2cnc(CN)n2)ccn1. The van der Waals surface area contributed by atoms with E-state index in [1.165, 1.54) is 0 Å². The molecule has 2 aromatic rings. The van der Waals surface area contributed by atoms with Crippen molar-refractivity contribution in [3.8, 4) is 5.69 Å². The number of pyridine rings is 1. The number of aromatic nitrogens is 4. The van der Waals surface area contributed by atoms with E-state index in [1.54, 1.807) is 29.3 Å². The molecule has 0 spiro atoms. The summed E-state index contributed by atoms with van der Waals surface area (Å²) < 4.78 is 1.56. The van der Waals surface area contributed by atoms with Gasteiger partial charge in [-0.15, -0.1) is 5.10 Å². The van der Waals surface area contributed by atoms with E-state index in [9.17, 15) is 4.79 Å². The van der Waals surface area contributed by atoms with Crippen LogP contribution in [0.1, 0.15) is 23.2 Å². The highest BCUT2D eigenvalue weighted by molar-refractivity contribution is 5.92. The summed E-state index contributed by atoms with van der Waals surface area (Å²) in [5.41, 5.74) is 6.51. The molecule has 3 N–H and O–H groups in total. The minimum Gasteiger partial charge on any atom is -0.351 e. The molecule has 18 heavy (non-hydrogen) atoms. The lowest BCUT2D eigenvalue weighted by atomic mass is 10.3. The fraction of sp³-hybridized carbons (Fsp3) is 0.273. The van der Waals surface area contributed by atoms with Crippen LogP contribution in [0.15, 0.2) is 24.7 Å². The summed E-state index contributed by atoms with van der Waals surface area (Å²) in [5.74, 6) is 0.338. The Labute approximate surface area is 104 Å². The summed E-state index contributed by atoms with van der Waals surface area (Å²) in [7, 11) is 0. The molecule has 0 aromatic carbocycles. The number of carbonyl (C=O) groups is 1. The van der Waals surface area contributed by atoms with Crippen LogP contribution in [0, 0.1) is 0 Å². The highest BCUT2D eigenvalue weighted by Crippen LogP contribution is 2.07. The number of hydrogen-bond acceptors (Lipinski definition) is 5. The summed E-state index contributed by atoms with van der Waals surface area (Å²) in [5, 5.41) is 6.86. The lowest BCUT2D eigenvalue weighted by Gasteiger charge is -2.04. The van der Waals surface area contributed by atoms with Crippen LogP contribution in [-0.4, -0.2) is 32.2 Å². The monoisotopic (exact) mass is 246 g/mol. The standard InChI is InChI=1S/C11H14N6O/c1-2-13-11(18)9-5-8(3-4-14-9)17-7-15-10(6-12)16-17/h3-5,7H,2,6,12H2,1H3,(H,13,18). The van der Waals surface area contributed by atoms with E-state index in [4.69, 9.17) is 5.73 Å². The second kappa shape index (κ2) is 5.37. The topological polar surface area (TPSA) is 98.7 Å². The molecule has 0 aliphatic heterocycles. The number of amides is 1. The Morgan fingerprint density at radius 2 is 2.33 bits per heavy atom. The summed E-state index contributed by atoms with van der Waals surface area (Å²) >= 11 is 0. The van der Waals surface area contributed by atoms with Crippen LogP contribution in [0.2, 0.25) is 0 Å². The maximum absolute atomic E-state index is 11.7. The average Bonchev–Trinajstić information content (AvgIpc) is 2.88. The number of nitrogens with two attached hydrogens (primary N) is 1. The minimum absolute atomic E-state index is 0.210. The van der Waals surface area contributed by atoms with Crippen LogP contribution in [0.5, 0.6) is 0 Å². The Morgan fingerprint density at radius 1 is 1.50 bits per heavy atom. The van der Waals surface area contributed by atoms with Gasteiger partial charge in [0.05, 0.1) is 12.2 Å². The van der Waals surface area contributed by atoms with Crippen LogP contribution in [0.3, 0.4) is 0 Å². The van der Waals surface area contributed by atoms with Gasteiger partial charge in [0.1, 0.15) is 12.0 Å². The van der Waals surface area contributed by atoms with Crippen molar-refractivity contribution in [2.24, 2.45) is 5.73 Å². The fourth-order valence-electron chi connectivity index (χ4n) is 1.45. The van der Waals surface area contributed by atoms with E-state index in [2.05, 4.69) is 20.4 Å². The van der Waals surface area contributed by atoms with Gasteiger partial charge in [-0.2, -0.15) is 0 Å². The molecule has 94 valence electrons. The average molecular weight is 246 g/mol. The summed E-state index contributed by atoms with van der Waals surface area (Å²) in [6.45, 7) is 2.69. The van der Waals surface area contributed by atoms with Gasteiger partial charge in [-0.25, -0.2) is 9.67 Å². The maximum atomic E-state index is 11.7. The second-order valence-electron chi connectivity index (χ2n) is 3.57. The van der Waals surface area contributed by atoms with Crippen LogP contribution in [-0.2, 0) is 6.54 Å². The van der Waals surface area contributed by atoms with Crippen LogP contribution < -0.4 is 11.1 Å². The lowest BCUT2D eigenvalue weighted by Crippen LogP contribution is -2.23. The fourth-order valence-corrected chi connectivity index (χ4v) is 1.45. The van der Waals surface area contributed by atoms with E-state index < -0.39 is 0 Å². The number of carbonyl (C=O) groups excluding carboxylic acids is 1. The van der Waals surface area contributed by atoms with Gasteiger partial charge in [-0.3, -0.25) is 9.78 Å². The van der Waals surface area contributed by atoms with Crippen molar-refractivity contribution in [3.05, 3.63) is 36.2 Å². The van der Waals surface area contributed by atoms with Crippen LogP contribution >= 0.6 is 0 Å². The first-order chi connectivity index (χ1) is 8.74. The summed E-state index contributed by atoms with van der Waals surface area (Å²) in [6.07, 6.45) is 3.11. The summed E-state index contributed by atoms with van der Waals surface area (Å²) in [6, 6.07) is 3.40. The highest BCUT2D eigenvalue weighted by Gasteiger charge is 2.08. The van der Waals surface area contributed by atoms with Crippen molar-refractivity contribution in [2.75, 3.05) is 6.54 Å². The van der Waals surface area contributed by atoms with Crippen molar-refractivity contribution < 1.29 is 4.79 Å².